The highest BCUT2D eigenvalue weighted by Gasteiger charge is 2.08. The average molecular weight is 193 g/mol. The van der Waals surface area contributed by atoms with Gasteiger partial charge in [-0.05, 0) is 19.9 Å². The summed E-state index contributed by atoms with van der Waals surface area (Å²) >= 11 is 0. The fourth-order valence-corrected chi connectivity index (χ4v) is 1.18. The van der Waals surface area contributed by atoms with Crippen LogP contribution in [0.1, 0.15) is 24.2 Å². The van der Waals surface area contributed by atoms with Crippen LogP contribution < -0.4 is 10.6 Å². The number of hydrogen-bond acceptors (Lipinski definition) is 3. The van der Waals surface area contributed by atoms with E-state index in [1.54, 1.807) is 18.5 Å². The van der Waals surface area contributed by atoms with Crippen LogP contribution in [0.2, 0.25) is 0 Å². The summed E-state index contributed by atoms with van der Waals surface area (Å²) in [6.45, 7) is 5.28. The summed E-state index contributed by atoms with van der Waals surface area (Å²) in [7, 11) is 0. The maximum atomic E-state index is 11.6. The molecule has 0 aliphatic rings. The summed E-state index contributed by atoms with van der Waals surface area (Å²) in [5.74, 6) is -0.0640. The van der Waals surface area contributed by atoms with Gasteiger partial charge in [-0.1, -0.05) is 0 Å². The van der Waals surface area contributed by atoms with Crippen LogP contribution >= 0.6 is 0 Å². The summed E-state index contributed by atoms with van der Waals surface area (Å²) in [6, 6.07) is 1.71. The minimum Gasteiger partial charge on any atom is -0.383 e. The molecule has 0 saturated carbocycles. The number of hydrogen-bond donors (Lipinski definition) is 2. The van der Waals surface area contributed by atoms with E-state index in [-0.39, 0.29) is 5.91 Å². The van der Waals surface area contributed by atoms with Crippen molar-refractivity contribution in [2.45, 2.75) is 13.8 Å². The van der Waals surface area contributed by atoms with Gasteiger partial charge in [0.25, 0.3) is 5.91 Å². The molecule has 0 radical (unpaired) electrons. The zero-order valence-corrected chi connectivity index (χ0v) is 8.50. The van der Waals surface area contributed by atoms with Crippen LogP contribution in [0.3, 0.4) is 0 Å². The van der Waals surface area contributed by atoms with Gasteiger partial charge in [0.2, 0.25) is 0 Å². The minimum absolute atomic E-state index is 0.0640. The molecule has 1 heterocycles. The molecule has 4 nitrogen and oxygen atoms in total. The van der Waals surface area contributed by atoms with E-state index in [4.69, 9.17) is 0 Å². The fraction of sp³-hybridized carbons (Fsp3) is 0.400. The highest BCUT2D eigenvalue weighted by molar-refractivity contribution is 5.99. The molecule has 2 N–H and O–H groups in total. The van der Waals surface area contributed by atoms with E-state index in [9.17, 15) is 4.79 Å². The Hall–Kier alpha value is -1.58. The van der Waals surface area contributed by atoms with Gasteiger partial charge >= 0.3 is 0 Å². The lowest BCUT2D eigenvalue weighted by atomic mass is 10.2. The number of carbonyl (C=O) groups is 1. The largest absolute Gasteiger partial charge is 0.383 e. The van der Waals surface area contributed by atoms with Crippen molar-refractivity contribution in [3.8, 4) is 0 Å². The minimum atomic E-state index is -0.0640. The Morgan fingerprint density at radius 1 is 1.43 bits per heavy atom. The number of carbonyl (C=O) groups excluding carboxylic acids is 1. The van der Waals surface area contributed by atoms with E-state index < -0.39 is 0 Å². The topological polar surface area (TPSA) is 54.0 Å². The first-order chi connectivity index (χ1) is 6.79. The summed E-state index contributed by atoms with van der Waals surface area (Å²) in [6.07, 6.45) is 3.28. The molecule has 0 saturated heterocycles. The number of pyridine rings is 1. The maximum Gasteiger partial charge on any atom is 0.253 e. The average Bonchev–Trinajstić information content (AvgIpc) is 2.19. The maximum absolute atomic E-state index is 11.6. The van der Waals surface area contributed by atoms with Gasteiger partial charge in [-0.25, -0.2) is 0 Å². The quantitative estimate of drug-likeness (QED) is 0.757. The molecule has 0 unspecified atom stereocenters. The van der Waals surface area contributed by atoms with Crippen molar-refractivity contribution >= 4 is 11.6 Å². The zero-order valence-electron chi connectivity index (χ0n) is 8.50. The highest BCUT2D eigenvalue weighted by atomic mass is 16.1. The smallest absolute Gasteiger partial charge is 0.253 e. The van der Waals surface area contributed by atoms with Crippen molar-refractivity contribution < 1.29 is 4.79 Å². The lowest BCUT2D eigenvalue weighted by Gasteiger charge is -2.08. The Kier molecular flexibility index (Phi) is 3.91. The van der Waals surface area contributed by atoms with E-state index in [1.807, 2.05) is 13.8 Å². The van der Waals surface area contributed by atoms with Gasteiger partial charge in [0.1, 0.15) is 0 Å². The molecular weight excluding hydrogens is 178 g/mol. The van der Waals surface area contributed by atoms with Gasteiger partial charge < -0.3 is 10.6 Å². The third-order valence-corrected chi connectivity index (χ3v) is 1.77. The summed E-state index contributed by atoms with van der Waals surface area (Å²) < 4.78 is 0. The molecule has 0 aromatic carbocycles. The predicted octanol–water partition coefficient (Wildman–Crippen LogP) is 1.26. The van der Waals surface area contributed by atoms with Crippen LogP contribution in [0, 0.1) is 0 Å². The first-order valence-electron chi connectivity index (χ1n) is 4.75. The van der Waals surface area contributed by atoms with Gasteiger partial charge in [-0.15, -0.1) is 0 Å². The van der Waals surface area contributed by atoms with Crippen molar-refractivity contribution in [1.29, 1.82) is 0 Å². The molecule has 76 valence electrons. The molecule has 0 atom stereocenters. The molecule has 1 aromatic heterocycles. The SMILES string of the molecule is CCNC(=O)c1ccncc1NCC. The Balaban J connectivity index is 2.88. The van der Waals surface area contributed by atoms with Crippen LogP contribution in [0.5, 0.6) is 0 Å². The highest BCUT2D eigenvalue weighted by Crippen LogP contribution is 2.12. The second-order valence-corrected chi connectivity index (χ2v) is 2.81. The number of aromatic nitrogens is 1. The molecule has 0 aliphatic carbocycles. The molecule has 0 fully saturated rings. The van der Waals surface area contributed by atoms with Crippen LogP contribution in [-0.2, 0) is 0 Å². The van der Waals surface area contributed by atoms with Crippen LogP contribution in [0.15, 0.2) is 18.5 Å². The first kappa shape index (κ1) is 10.5. The molecule has 1 amide bonds. The monoisotopic (exact) mass is 193 g/mol. The van der Waals surface area contributed by atoms with Crippen molar-refractivity contribution in [1.82, 2.24) is 10.3 Å². The van der Waals surface area contributed by atoms with Crippen molar-refractivity contribution in [2.24, 2.45) is 0 Å². The van der Waals surface area contributed by atoms with Gasteiger partial charge in [0.05, 0.1) is 17.4 Å². The molecule has 1 aromatic rings. The first-order valence-corrected chi connectivity index (χ1v) is 4.75. The molecule has 14 heavy (non-hydrogen) atoms. The molecule has 0 spiro atoms. The predicted molar refractivity (Wildman–Crippen MR) is 56.4 cm³/mol. The van der Waals surface area contributed by atoms with E-state index in [2.05, 4.69) is 15.6 Å². The van der Waals surface area contributed by atoms with E-state index in [1.165, 1.54) is 0 Å². The summed E-state index contributed by atoms with van der Waals surface area (Å²) in [5.41, 5.74) is 1.42. The second kappa shape index (κ2) is 5.21. The number of rotatable bonds is 4. The van der Waals surface area contributed by atoms with Crippen molar-refractivity contribution in [2.75, 3.05) is 18.4 Å². The second-order valence-electron chi connectivity index (χ2n) is 2.81. The van der Waals surface area contributed by atoms with Gasteiger partial charge in [0.15, 0.2) is 0 Å². The van der Waals surface area contributed by atoms with Crippen molar-refractivity contribution in [3.63, 3.8) is 0 Å². The number of nitrogens with zero attached hydrogens (tertiary/aromatic N) is 1. The lowest BCUT2D eigenvalue weighted by Crippen LogP contribution is -2.23. The summed E-state index contributed by atoms with van der Waals surface area (Å²) in [5, 5.41) is 5.85. The fourth-order valence-electron chi connectivity index (χ4n) is 1.18. The third-order valence-electron chi connectivity index (χ3n) is 1.77. The Bertz CT molecular complexity index is 312. The van der Waals surface area contributed by atoms with Crippen molar-refractivity contribution in [3.05, 3.63) is 24.0 Å². The van der Waals surface area contributed by atoms with Crippen LogP contribution in [0.4, 0.5) is 5.69 Å². The molecular formula is C10H15N3O. The Morgan fingerprint density at radius 3 is 2.86 bits per heavy atom. The third kappa shape index (κ3) is 2.45. The number of anilines is 1. The van der Waals surface area contributed by atoms with Gasteiger partial charge in [-0.3, -0.25) is 9.78 Å². The summed E-state index contributed by atoms with van der Waals surface area (Å²) in [4.78, 5) is 15.5. The molecule has 1 rings (SSSR count). The molecule has 0 aliphatic heterocycles. The van der Waals surface area contributed by atoms with Crippen LogP contribution in [0.25, 0.3) is 0 Å². The number of amides is 1. The van der Waals surface area contributed by atoms with E-state index >= 15 is 0 Å². The van der Waals surface area contributed by atoms with E-state index in [0.29, 0.717) is 12.1 Å². The van der Waals surface area contributed by atoms with Crippen LogP contribution in [-0.4, -0.2) is 24.0 Å². The number of nitrogens with one attached hydrogen (secondary N) is 2. The molecule has 4 heteroatoms. The zero-order chi connectivity index (χ0) is 10.4. The molecule has 0 bridgehead atoms. The van der Waals surface area contributed by atoms with Gasteiger partial charge in [-0.2, -0.15) is 0 Å². The lowest BCUT2D eigenvalue weighted by molar-refractivity contribution is 0.0956. The standard InChI is InChI=1S/C10H15N3O/c1-3-12-9-7-11-6-5-8(9)10(14)13-4-2/h5-7,12H,3-4H2,1-2H3,(H,13,14). The normalized spacial score (nSPS) is 9.57. The Morgan fingerprint density at radius 2 is 2.21 bits per heavy atom. The van der Waals surface area contributed by atoms with E-state index in [0.717, 1.165) is 12.2 Å². The van der Waals surface area contributed by atoms with Gasteiger partial charge in [0, 0.05) is 19.3 Å². The Labute approximate surface area is 83.7 Å².